The van der Waals surface area contributed by atoms with Gasteiger partial charge < -0.3 is 14.4 Å². The van der Waals surface area contributed by atoms with Crippen molar-refractivity contribution in [2.75, 3.05) is 45.3 Å². The third-order valence-electron chi connectivity index (χ3n) is 2.78. The topological polar surface area (TPSA) is 21.7 Å². The number of alkyl halides is 4. The van der Waals surface area contributed by atoms with Gasteiger partial charge in [0.25, 0.3) is 0 Å². The summed E-state index contributed by atoms with van der Waals surface area (Å²) in [5.41, 5.74) is 0. The van der Waals surface area contributed by atoms with Crippen LogP contribution in [0.1, 0.15) is 12.8 Å². The smallest absolute Gasteiger partial charge is 0.377 e. The first-order valence-corrected chi connectivity index (χ1v) is 6.59. The Bertz CT molecular complexity index is 221. The van der Waals surface area contributed by atoms with Crippen LogP contribution in [0.2, 0.25) is 0 Å². The molecule has 0 aromatic heterocycles. The maximum absolute atomic E-state index is 11.8. The molecule has 18 heavy (non-hydrogen) atoms. The second-order valence-corrected chi connectivity index (χ2v) is 4.65. The highest BCUT2D eigenvalue weighted by Crippen LogP contribution is 2.15. The Labute approximate surface area is 110 Å². The summed E-state index contributed by atoms with van der Waals surface area (Å²) in [5, 5.41) is 0. The molecule has 7 heteroatoms. The Morgan fingerprint density at radius 1 is 1.17 bits per heavy atom. The van der Waals surface area contributed by atoms with Crippen molar-refractivity contribution >= 4 is 11.6 Å². The van der Waals surface area contributed by atoms with E-state index in [0.29, 0.717) is 19.0 Å². The van der Waals surface area contributed by atoms with Crippen LogP contribution in [0.15, 0.2) is 0 Å². The van der Waals surface area contributed by atoms with Crippen molar-refractivity contribution in [2.45, 2.75) is 25.1 Å². The minimum atomic E-state index is -4.23. The van der Waals surface area contributed by atoms with E-state index >= 15 is 0 Å². The molecule has 0 radical (unpaired) electrons. The van der Waals surface area contributed by atoms with Crippen molar-refractivity contribution in [1.29, 1.82) is 0 Å². The van der Waals surface area contributed by atoms with E-state index in [0.717, 1.165) is 25.9 Å². The van der Waals surface area contributed by atoms with Crippen molar-refractivity contribution in [3.8, 4) is 0 Å². The second kappa shape index (κ2) is 8.19. The first-order chi connectivity index (χ1) is 8.51. The number of piperidine rings is 1. The van der Waals surface area contributed by atoms with E-state index in [-0.39, 0.29) is 12.7 Å². The van der Waals surface area contributed by atoms with Crippen molar-refractivity contribution < 1.29 is 22.6 Å². The highest BCUT2D eigenvalue weighted by molar-refractivity contribution is 6.17. The number of hydrogen-bond acceptors (Lipinski definition) is 3. The van der Waals surface area contributed by atoms with Gasteiger partial charge in [0.05, 0.1) is 19.3 Å². The maximum atomic E-state index is 11.8. The quantitative estimate of drug-likeness (QED) is 0.530. The van der Waals surface area contributed by atoms with Crippen molar-refractivity contribution in [2.24, 2.45) is 0 Å². The fourth-order valence-corrected chi connectivity index (χ4v) is 1.98. The molecule has 0 aliphatic carbocycles. The van der Waals surface area contributed by atoms with Gasteiger partial charge in [-0.25, -0.2) is 0 Å². The standard InChI is InChI=1S/C11H19ClF3NO2/c12-3-7-18-10-1-4-16(5-2-10)6-8-17-9-11(13,14)15/h10H,1-9H2. The lowest BCUT2D eigenvalue weighted by Gasteiger charge is -2.31. The lowest BCUT2D eigenvalue weighted by Crippen LogP contribution is -2.39. The number of hydrogen-bond donors (Lipinski definition) is 0. The normalized spacial score (nSPS) is 19.3. The van der Waals surface area contributed by atoms with E-state index in [2.05, 4.69) is 9.64 Å². The molecule has 0 atom stereocenters. The van der Waals surface area contributed by atoms with Crippen LogP contribution in [0.5, 0.6) is 0 Å². The summed E-state index contributed by atoms with van der Waals surface area (Å²) < 4.78 is 45.6. The largest absolute Gasteiger partial charge is 0.411 e. The highest BCUT2D eigenvalue weighted by Gasteiger charge is 2.27. The Morgan fingerprint density at radius 3 is 2.39 bits per heavy atom. The molecule has 0 N–H and O–H groups in total. The Kier molecular flexibility index (Phi) is 7.29. The zero-order valence-corrected chi connectivity index (χ0v) is 11.0. The molecule has 0 saturated carbocycles. The Hall–Kier alpha value is -0.0400. The van der Waals surface area contributed by atoms with Gasteiger partial charge in [-0.3, -0.25) is 0 Å². The lowest BCUT2D eigenvalue weighted by molar-refractivity contribution is -0.174. The minimum absolute atomic E-state index is 0.118. The van der Waals surface area contributed by atoms with Crippen LogP contribution in [-0.2, 0) is 9.47 Å². The van der Waals surface area contributed by atoms with Crippen LogP contribution < -0.4 is 0 Å². The van der Waals surface area contributed by atoms with Gasteiger partial charge in [-0.15, -0.1) is 11.6 Å². The first kappa shape index (κ1) is 16.0. The van der Waals surface area contributed by atoms with Gasteiger partial charge in [-0.05, 0) is 12.8 Å². The Morgan fingerprint density at radius 2 is 1.83 bits per heavy atom. The van der Waals surface area contributed by atoms with Gasteiger partial charge in [-0.1, -0.05) is 0 Å². The SMILES string of the molecule is FC(F)(F)COCCN1CCC(OCCCl)CC1. The summed E-state index contributed by atoms with van der Waals surface area (Å²) in [6.45, 7) is 1.72. The molecule has 1 rings (SSSR count). The van der Waals surface area contributed by atoms with Gasteiger partial charge in [0.15, 0.2) is 0 Å². The molecule has 1 saturated heterocycles. The molecule has 108 valence electrons. The third-order valence-corrected chi connectivity index (χ3v) is 2.94. The van der Waals surface area contributed by atoms with E-state index in [4.69, 9.17) is 16.3 Å². The summed E-state index contributed by atoms with van der Waals surface area (Å²) >= 11 is 5.53. The zero-order chi connectivity index (χ0) is 13.4. The van der Waals surface area contributed by atoms with Crippen LogP contribution in [0.4, 0.5) is 13.2 Å². The Balaban J connectivity index is 2.02. The average Bonchev–Trinajstić information content (AvgIpc) is 2.32. The van der Waals surface area contributed by atoms with E-state index in [1.165, 1.54) is 0 Å². The van der Waals surface area contributed by atoms with E-state index in [1.54, 1.807) is 0 Å². The molecule has 1 fully saturated rings. The monoisotopic (exact) mass is 289 g/mol. The third kappa shape index (κ3) is 7.41. The van der Waals surface area contributed by atoms with Crippen molar-refractivity contribution in [3.05, 3.63) is 0 Å². The number of rotatable bonds is 7. The molecule has 0 bridgehead atoms. The van der Waals surface area contributed by atoms with E-state index < -0.39 is 12.8 Å². The van der Waals surface area contributed by atoms with Crippen LogP contribution >= 0.6 is 11.6 Å². The average molecular weight is 290 g/mol. The number of ether oxygens (including phenoxy) is 2. The van der Waals surface area contributed by atoms with Crippen LogP contribution in [0.25, 0.3) is 0 Å². The summed E-state index contributed by atoms with van der Waals surface area (Å²) in [4.78, 5) is 2.09. The summed E-state index contributed by atoms with van der Waals surface area (Å²) in [5.74, 6) is 0.492. The second-order valence-electron chi connectivity index (χ2n) is 4.27. The fourth-order valence-electron chi connectivity index (χ4n) is 1.89. The first-order valence-electron chi connectivity index (χ1n) is 6.05. The molecule has 3 nitrogen and oxygen atoms in total. The molecule has 0 unspecified atom stereocenters. The van der Waals surface area contributed by atoms with Crippen LogP contribution in [0, 0.1) is 0 Å². The van der Waals surface area contributed by atoms with E-state index in [9.17, 15) is 13.2 Å². The summed E-state index contributed by atoms with van der Waals surface area (Å²) in [7, 11) is 0. The van der Waals surface area contributed by atoms with Crippen LogP contribution in [-0.4, -0.2) is 62.5 Å². The van der Waals surface area contributed by atoms with Crippen molar-refractivity contribution in [3.63, 3.8) is 0 Å². The van der Waals surface area contributed by atoms with E-state index in [1.807, 2.05) is 0 Å². The molecule has 0 spiro atoms. The summed E-state index contributed by atoms with van der Waals surface area (Å²) in [6, 6.07) is 0. The van der Waals surface area contributed by atoms with Crippen molar-refractivity contribution in [1.82, 2.24) is 4.90 Å². The lowest BCUT2D eigenvalue weighted by atomic mass is 10.1. The molecule has 0 aromatic rings. The molecule has 0 aromatic carbocycles. The predicted molar refractivity (Wildman–Crippen MR) is 63.0 cm³/mol. The number of nitrogens with zero attached hydrogens (tertiary/aromatic N) is 1. The highest BCUT2D eigenvalue weighted by atomic mass is 35.5. The van der Waals surface area contributed by atoms with Gasteiger partial charge in [-0.2, -0.15) is 13.2 Å². The fraction of sp³-hybridized carbons (Fsp3) is 1.00. The minimum Gasteiger partial charge on any atom is -0.377 e. The predicted octanol–water partition coefficient (Wildman–Crippen LogP) is 2.29. The van der Waals surface area contributed by atoms with Gasteiger partial charge in [0.2, 0.25) is 0 Å². The number of likely N-dealkylation sites (tertiary alicyclic amines) is 1. The molecule has 1 aliphatic heterocycles. The van der Waals surface area contributed by atoms with Gasteiger partial charge in [0, 0.05) is 25.5 Å². The molecular formula is C11H19ClF3NO2. The summed E-state index contributed by atoms with van der Waals surface area (Å²) in [6.07, 6.45) is -2.20. The van der Waals surface area contributed by atoms with Crippen LogP contribution in [0.3, 0.4) is 0 Å². The maximum Gasteiger partial charge on any atom is 0.411 e. The van der Waals surface area contributed by atoms with Gasteiger partial charge >= 0.3 is 6.18 Å². The molecule has 1 aliphatic rings. The number of halogens is 4. The molecular weight excluding hydrogens is 271 g/mol. The molecule has 0 amide bonds. The zero-order valence-electron chi connectivity index (χ0n) is 10.2. The molecule has 1 heterocycles. The van der Waals surface area contributed by atoms with Gasteiger partial charge in [0.1, 0.15) is 6.61 Å².